The van der Waals surface area contributed by atoms with E-state index < -0.39 is 5.60 Å². The van der Waals surface area contributed by atoms with Crippen LogP contribution in [0.4, 0.5) is 4.79 Å². The lowest BCUT2D eigenvalue weighted by Gasteiger charge is -2.63. The molecule has 5 fully saturated rings. The van der Waals surface area contributed by atoms with Crippen LogP contribution >= 0.6 is 0 Å². The Kier molecular flexibility index (Phi) is 6.62. The molecule has 37 heavy (non-hydrogen) atoms. The van der Waals surface area contributed by atoms with Gasteiger partial charge >= 0.3 is 12.1 Å². The first-order valence-electron chi connectivity index (χ1n) is 14.8. The van der Waals surface area contributed by atoms with Gasteiger partial charge in [-0.15, -0.1) is 0 Å². The third kappa shape index (κ3) is 4.23. The Bertz CT molecular complexity index is 946. The zero-order valence-corrected chi connectivity index (χ0v) is 22.7. The van der Waals surface area contributed by atoms with E-state index >= 15 is 0 Å². The number of nitrogens with one attached hydrogen (secondary N) is 1. The molecule has 8 atom stereocenters. The Hall–Kier alpha value is -1.60. The molecule has 0 aromatic carbocycles. The lowest BCUT2D eigenvalue weighted by molar-refractivity contribution is -0.208. The van der Waals surface area contributed by atoms with Crippen LogP contribution in [0.15, 0.2) is 11.6 Å². The van der Waals surface area contributed by atoms with Gasteiger partial charge in [0.05, 0.1) is 5.60 Å². The topological polar surface area (TPSA) is 88.1 Å². The standard InChI is InChI=1S/C30H45N2O5/c1-28-10-7-22(37-27(34)31-13-16-32-14-3-4-15-32)18-21(28)5-6-25-24(28)8-11-29(2)23(9-12-30(25,29)35)20-17-26(33)36-19-20/h9,17,21-25,35H,3-8,10-16,18-19H2,1-2H3,(H,31,34)/t21-,22+,23-,24+,25-,28+,29-,30+/m1/s1. The van der Waals surface area contributed by atoms with E-state index in [-0.39, 0.29) is 40.8 Å². The summed E-state index contributed by atoms with van der Waals surface area (Å²) in [5.41, 5.74) is 0.238. The predicted octanol–water partition coefficient (Wildman–Crippen LogP) is 4.25. The average Bonchev–Trinajstić information content (AvgIpc) is 3.59. The van der Waals surface area contributed by atoms with Crippen LogP contribution in [-0.4, -0.2) is 66.6 Å². The highest BCUT2D eigenvalue weighted by Crippen LogP contribution is 2.69. The van der Waals surface area contributed by atoms with Gasteiger partial charge in [0, 0.05) is 24.6 Å². The van der Waals surface area contributed by atoms with Crippen molar-refractivity contribution in [2.75, 3.05) is 32.8 Å². The first-order chi connectivity index (χ1) is 17.7. The second kappa shape index (κ2) is 9.55. The molecule has 0 spiro atoms. The van der Waals surface area contributed by atoms with Crippen LogP contribution in [0.3, 0.4) is 0 Å². The molecule has 4 saturated carbocycles. The van der Waals surface area contributed by atoms with Gasteiger partial charge in [-0.1, -0.05) is 13.8 Å². The van der Waals surface area contributed by atoms with E-state index in [0.29, 0.717) is 31.4 Å². The molecule has 6 rings (SSSR count). The summed E-state index contributed by atoms with van der Waals surface area (Å²) in [7, 11) is 0. The second-order valence-corrected chi connectivity index (χ2v) is 13.4. The summed E-state index contributed by atoms with van der Waals surface area (Å²) < 4.78 is 11.1. The van der Waals surface area contributed by atoms with E-state index in [2.05, 4.69) is 30.5 Å². The van der Waals surface area contributed by atoms with E-state index in [9.17, 15) is 14.7 Å². The minimum absolute atomic E-state index is 0.00519. The fourth-order valence-corrected chi connectivity index (χ4v) is 9.67. The molecule has 2 heterocycles. The highest BCUT2D eigenvalue weighted by molar-refractivity contribution is 5.85. The number of carbonyl (C=O) groups excluding carboxylic acids is 2. The van der Waals surface area contributed by atoms with Gasteiger partial charge in [0.25, 0.3) is 0 Å². The van der Waals surface area contributed by atoms with E-state index in [1.165, 1.54) is 12.8 Å². The first kappa shape index (κ1) is 25.7. The van der Waals surface area contributed by atoms with Crippen molar-refractivity contribution in [1.29, 1.82) is 0 Å². The number of fused-ring (bicyclic) bond motifs is 5. The molecule has 2 aliphatic heterocycles. The average molecular weight is 514 g/mol. The summed E-state index contributed by atoms with van der Waals surface area (Å²) in [4.78, 5) is 26.7. The highest BCUT2D eigenvalue weighted by Gasteiger charge is 2.67. The normalized spacial score (nSPS) is 45.4. The summed E-state index contributed by atoms with van der Waals surface area (Å²) in [6, 6.07) is 0. The SMILES string of the molecule is C[C@]12CC[C@H](OC(=O)NCCN3CCCC3)C[C@H]1CC[C@@H]1[C@@H]2CC[C@]2(C)[C@@H](C3=CC(=O)OC3)[CH]C[C@]12O. The Labute approximate surface area is 221 Å². The number of nitrogens with zero attached hydrogens (tertiary/aromatic N) is 1. The van der Waals surface area contributed by atoms with E-state index in [1.807, 2.05) is 0 Å². The molecule has 205 valence electrons. The molecule has 0 aromatic rings. The van der Waals surface area contributed by atoms with Crippen LogP contribution in [0.25, 0.3) is 0 Å². The summed E-state index contributed by atoms with van der Waals surface area (Å²) in [6.07, 6.45) is 14.0. The highest BCUT2D eigenvalue weighted by atomic mass is 16.6. The van der Waals surface area contributed by atoms with E-state index in [4.69, 9.17) is 9.47 Å². The van der Waals surface area contributed by atoms with Gasteiger partial charge in [-0.2, -0.15) is 0 Å². The van der Waals surface area contributed by atoms with Crippen LogP contribution in [0, 0.1) is 40.9 Å². The molecular formula is C30H45N2O5. The molecule has 4 aliphatic carbocycles. The molecule has 0 aromatic heterocycles. The van der Waals surface area contributed by atoms with Crippen LogP contribution < -0.4 is 5.32 Å². The van der Waals surface area contributed by atoms with Crippen LogP contribution in [0.5, 0.6) is 0 Å². The third-order valence-corrected chi connectivity index (χ3v) is 11.8. The van der Waals surface area contributed by atoms with Crippen molar-refractivity contribution in [3.63, 3.8) is 0 Å². The number of ether oxygens (including phenoxy) is 2. The summed E-state index contributed by atoms with van der Waals surface area (Å²) in [5.74, 6) is 1.16. The Morgan fingerprint density at radius 1 is 1.16 bits per heavy atom. The van der Waals surface area contributed by atoms with Gasteiger partial charge in [-0.3, -0.25) is 0 Å². The van der Waals surface area contributed by atoms with E-state index in [0.717, 1.165) is 70.2 Å². The lowest BCUT2D eigenvalue weighted by Crippen LogP contribution is -2.62. The summed E-state index contributed by atoms with van der Waals surface area (Å²) >= 11 is 0. The van der Waals surface area contributed by atoms with Gasteiger partial charge in [-0.05, 0) is 118 Å². The number of hydrogen-bond donors (Lipinski definition) is 2. The number of alkyl carbamates (subject to hydrolysis) is 1. The third-order valence-electron chi connectivity index (χ3n) is 11.8. The van der Waals surface area contributed by atoms with Crippen LogP contribution in [-0.2, 0) is 14.3 Å². The second-order valence-electron chi connectivity index (χ2n) is 13.4. The number of cyclic esters (lactones) is 1. The summed E-state index contributed by atoms with van der Waals surface area (Å²) in [5, 5.41) is 15.3. The van der Waals surface area contributed by atoms with Crippen molar-refractivity contribution in [2.45, 2.75) is 89.8 Å². The first-order valence-corrected chi connectivity index (χ1v) is 14.8. The molecule has 1 amide bonds. The molecule has 7 heteroatoms. The van der Waals surface area contributed by atoms with Crippen molar-refractivity contribution >= 4 is 12.1 Å². The Morgan fingerprint density at radius 2 is 1.97 bits per heavy atom. The molecule has 0 unspecified atom stereocenters. The fraction of sp³-hybridized carbons (Fsp3) is 0.833. The van der Waals surface area contributed by atoms with Crippen molar-refractivity contribution in [1.82, 2.24) is 10.2 Å². The molecule has 7 nitrogen and oxygen atoms in total. The van der Waals surface area contributed by atoms with Gasteiger partial charge in [0.1, 0.15) is 12.7 Å². The molecule has 2 N–H and O–H groups in total. The number of likely N-dealkylation sites (tertiary alicyclic amines) is 1. The molecular weight excluding hydrogens is 468 g/mol. The van der Waals surface area contributed by atoms with E-state index in [1.54, 1.807) is 6.08 Å². The molecule has 6 aliphatic rings. The van der Waals surface area contributed by atoms with Crippen LogP contribution in [0.1, 0.15) is 78.1 Å². The number of carbonyl (C=O) groups is 2. The minimum Gasteiger partial charge on any atom is -0.458 e. The Morgan fingerprint density at radius 3 is 2.73 bits per heavy atom. The molecule has 1 saturated heterocycles. The maximum absolute atomic E-state index is 12.5. The van der Waals surface area contributed by atoms with Crippen molar-refractivity contribution in [2.24, 2.45) is 34.5 Å². The fourth-order valence-electron chi connectivity index (χ4n) is 9.67. The number of hydrogen-bond acceptors (Lipinski definition) is 6. The predicted molar refractivity (Wildman–Crippen MR) is 139 cm³/mol. The van der Waals surface area contributed by atoms with Gasteiger partial charge < -0.3 is 24.8 Å². The monoisotopic (exact) mass is 513 g/mol. The number of aliphatic hydroxyl groups is 1. The number of rotatable bonds is 5. The number of esters is 1. The maximum Gasteiger partial charge on any atom is 0.407 e. The van der Waals surface area contributed by atoms with Crippen LogP contribution in [0.2, 0.25) is 0 Å². The van der Waals surface area contributed by atoms with Crippen molar-refractivity contribution < 1.29 is 24.2 Å². The zero-order chi connectivity index (χ0) is 25.8. The molecule has 1 radical (unpaired) electrons. The van der Waals surface area contributed by atoms with Gasteiger partial charge in [0.2, 0.25) is 0 Å². The Balaban J connectivity index is 1.08. The summed E-state index contributed by atoms with van der Waals surface area (Å²) in [6.45, 7) is 8.92. The quantitative estimate of drug-likeness (QED) is 0.535. The molecule has 0 bridgehead atoms. The van der Waals surface area contributed by atoms with Crippen molar-refractivity contribution in [3.05, 3.63) is 18.1 Å². The number of amides is 1. The van der Waals surface area contributed by atoms with Gasteiger partial charge in [0.15, 0.2) is 0 Å². The lowest BCUT2D eigenvalue weighted by atomic mass is 9.43. The smallest absolute Gasteiger partial charge is 0.407 e. The minimum atomic E-state index is -0.733. The maximum atomic E-state index is 12.5. The van der Waals surface area contributed by atoms with Gasteiger partial charge in [-0.25, -0.2) is 9.59 Å². The van der Waals surface area contributed by atoms with Crippen molar-refractivity contribution in [3.8, 4) is 0 Å². The zero-order valence-electron chi connectivity index (χ0n) is 22.7. The largest absolute Gasteiger partial charge is 0.458 e.